The summed E-state index contributed by atoms with van der Waals surface area (Å²) in [6.07, 6.45) is 1.15. The van der Waals surface area contributed by atoms with Gasteiger partial charge in [0, 0.05) is 0 Å². The molecule has 2 amide bonds. The summed E-state index contributed by atoms with van der Waals surface area (Å²) in [4.78, 5) is 10.8. The molecule has 112 valence electrons. The molecule has 0 aliphatic carbocycles. The Kier molecular flexibility index (Phi) is 4.78. The van der Waals surface area contributed by atoms with Crippen molar-refractivity contribution in [3.05, 3.63) is 35.6 Å². The Bertz CT molecular complexity index is 565. The van der Waals surface area contributed by atoms with Gasteiger partial charge >= 0.3 is 6.03 Å². The fourth-order valence-corrected chi connectivity index (χ4v) is 2.13. The predicted octanol–water partition coefficient (Wildman–Crippen LogP) is 2.21. The second-order valence-corrected chi connectivity index (χ2v) is 4.89. The van der Waals surface area contributed by atoms with Crippen LogP contribution in [0.25, 0.3) is 0 Å². The number of halogens is 1. The highest BCUT2D eigenvalue weighted by molar-refractivity contribution is 5.71. The molecule has 3 atom stereocenters. The lowest BCUT2D eigenvalue weighted by Gasteiger charge is -2.15. The molecule has 1 heterocycles. The highest BCUT2D eigenvalue weighted by atomic mass is 19.1. The number of hydrogen-bond acceptors (Lipinski definition) is 3. The van der Waals surface area contributed by atoms with Crippen LogP contribution < -0.4 is 5.73 Å². The maximum atomic E-state index is 12.9. The number of carbonyl (C=O) groups is 1. The molecular formula is C15H17FN2O3. The van der Waals surface area contributed by atoms with Crippen LogP contribution in [0.2, 0.25) is 0 Å². The SMILES string of the molecule is CC(C#CC1CCC(c2ccc(F)cc2)O1)N(O)C(N)=O. The molecule has 1 saturated heterocycles. The van der Waals surface area contributed by atoms with E-state index in [9.17, 15) is 14.4 Å². The van der Waals surface area contributed by atoms with Crippen LogP contribution in [0.15, 0.2) is 24.3 Å². The second-order valence-electron chi connectivity index (χ2n) is 4.89. The van der Waals surface area contributed by atoms with Crippen LogP contribution in [0, 0.1) is 17.7 Å². The normalized spacial score (nSPS) is 22.2. The van der Waals surface area contributed by atoms with Crippen molar-refractivity contribution in [2.45, 2.75) is 38.0 Å². The second kappa shape index (κ2) is 6.57. The van der Waals surface area contributed by atoms with Gasteiger partial charge in [0.2, 0.25) is 0 Å². The average molecular weight is 292 g/mol. The number of urea groups is 1. The number of nitrogens with two attached hydrogens (primary N) is 1. The molecule has 0 aromatic heterocycles. The Morgan fingerprint density at radius 1 is 1.48 bits per heavy atom. The quantitative estimate of drug-likeness (QED) is 0.498. The van der Waals surface area contributed by atoms with Crippen molar-refractivity contribution < 1.29 is 19.1 Å². The van der Waals surface area contributed by atoms with Gasteiger partial charge in [0.25, 0.3) is 0 Å². The van der Waals surface area contributed by atoms with Crippen LogP contribution in [0.3, 0.4) is 0 Å². The molecule has 1 aromatic carbocycles. The molecule has 1 aliphatic heterocycles. The van der Waals surface area contributed by atoms with Crippen LogP contribution in [-0.4, -0.2) is 28.4 Å². The highest BCUT2D eigenvalue weighted by Crippen LogP contribution is 2.32. The summed E-state index contributed by atoms with van der Waals surface area (Å²) < 4.78 is 18.6. The first-order valence-electron chi connectivity index (χ1n) is 6.67. The minimum atomic E-state index is -0.951. The van der Waals surface area contributed by atoms with E-state index in [0.29, 0.717) is 5.06 Å². The zero-order valence-electron chi connectivity index (χ0n) is 11.6. The van der Waals surface area contributed by atoms with Crippen molar-refractivity contribution in [3.8, 4) is 11.8 Å². The fourth-order valence-electron chi connectivity index (χ4n) is 2.13. The van der Waals surface area contributed by atoms with Crippen LogP contribution in [0.1, 0.15) is 31.4 Å². The van der Waals surface area contributed by atoms with Crippen molar-refractivity contribution in [3.63, 3.8) is 0 Å². The number of hydrogen-bond donors (Lipinski definition) is 2. The smallest absolute Gasteiger partial charge is 0.339 e. The topological polar surface area (TPSA) is 75.8 Å². The van der Waals surface area contributed by atoms with Gasteiger partial charge in [0.15, 0.2) is 0 Å². The van der Waals surface area contributed by atoms with Gasteiger partial charge in [-0.1, -0.05) is 24.0 Å². The molecule has 21 heavy (non-hydrogen) atoms. The van der Waals surface area contributed by atoms with E-state index in [4.69, 9.17) is 10.5 Å². The maximum absolute atomic E-state index is 12.9. The minimum absolute atomic E-state index is 0.110. The molecule has 0 bridgehead atoms. The van der Waals surface area contributed by atoms with E-state index in [1.165, 1.54) is 12.1 Å². The lowest BCUT2D eigenvalue weighted by atomic mass is 10.1. The fraction of sp³-hybridized carbons (Fsp3) is 0.400. The van der Waals surface area contributed by atoms with Gasteiger partial charge in [0.05, 0.1) is 6.10 Å². The zero-order chi connectivity index (χ0) is 15.4. The number of carbonyl (C=O) groups excluding carboxylic acids is 1. The Hall–Kier alpha value is -2.10. The molecule has 2 rings (SSSR count). The Balaban J connectivity index is 1.94. The molecular weight excluding hydrogens is 275 g/mol. The molecule has 5 nitrogen and oxygen atoms in total. The standard InChI is InChI=1S/C15H17FN2O3/c1-10(18(20)15(17)19)2-7-13-8-9-14(21-13)11-3-5-12(16)6-4-11/h3-6,10,13-14,20H,8-9H2,1H3,(H2,17,19). The van der Waals surface area contributed by atoms with E-state index in [0.717, 1.165) is 18.4 Å². The number of amides is 2. The summed E-state index contributed by atoms with van der Waals surface area (Å²) in [5.41, 5.74) is 5.85. The molecule has 6 heteroatoms. The summed E-state index contributed by atoms with van der Waals surface area (Å²) in [7, 11) is 0. The van der Waals surface area contributed by atoms with Gasteiger partial charge in [-0.05, 0) is 37.5 Å². The average Bonchev–Trinajstić information content (AvgIpc) is 2.93. The minimum Gasteiger partial charge on any atom is -0.358 e. The molecule has 1 aromatic rings. The van der Waals surface area contributed by atoms with Gasteiger partial charge in [-0.15, -0.1) is 0 Å². The highest BCUT2D eigenvalue weighted by Gasteiger charge is 2.25. The van der Waals surface area contributed by atoms with Crippen molar-refractivity contribution >= 4 is 6.03 Å². The van der Waals surface area contributed by atoms with Crippen LogP contribution in [0.4, 0.5) is 9.18 Å². The molecule has 1 aliphatic rings. The molecule has 0 spiro atoms. The third-order valence-electron chi connectivity index (χ3n) is 3.31. The lowest BCUT2D eigenvalue weighted by molar-refractivity contribution is -0.0537. The van der Waals surface area contributed by atoms with Crippen molar-refractivity contribution in [1.29, 1.82) is 0 Å². The van der Waals surface area contributed by atoms with Gasteiger partial charge in [-0.25, -0.2) is 9.18 Å². The number of primary amides is 1. The summed E-state index contributed by atoms with van der Waals surface area (Å²) in [6, 6.07) is 4.54. The Morgan fingerprint density at radius 3 is 2.76 bits per heavy atom. The predicted molar refractivity (Wildman–Crippen MR) is 73.7 cm³/mol. The van der Waals surface area contributed by atoms with Crippen molar-refractivity contribution in [2.75, 3.05) is 0 Å². The maximum Gasteiger partial charge on any atom is 0.339 e. The summed E-state index contributed by atoms with van der Waals surface area (Å²) in [5, 5.41) is 9.68. The number of rotatable bonds is 2. The molecule has 3 N–H and O–H groups in total. The summed E-state index contributed by atoms with van der Waals surface area (Å²) >= 11 is 0. The van der Waals surface area contributed by atoms with E-state index in [1.54, 1.807) is 19.1 Å². The van der Waals surface area contributed by atoms with Crippen molar-refractivity contribution in [1.82, 2.24) is 5.06 Å². The van der Waals surface area contributed by atoms with Gasteiger partial charge in [0.1, 0.15) is 18.0 Å². The first-order chi connectivity index (χ1) is 9.97. The number of ether oxygens (including phenoxy) is 1. The molecule has 3 unspecified atom stereocenters. The molecule has 1 fully saturated rings. The van der Waals surface area contributed by atoms with Crippen LogP contribution in [0.5, 0.6) is 0 Å². The van der Waals surface area contributed by atoms with E-state index in [2.05, 4.69) is 11.8 Å². The largest absolute Gasteiger partial charge is 0.358 e. The summed E-state index contributed by atoms with van der Waals surface area (Å²) in [6.45, 7) is 1.56. The van der Waals surface area contributed by atoms with Crippen LogP contribution in [-0.2, 0) is 4.74 Å². The van der Waals surface area contributed by atoms with E-state index in [1.807, 2.05) is 0 Å². The van der Waals surface area contributed by atoms with E-state index in [-0.39, 0.29) is 18.0 Å². The number of benzene rings is 1. The third-order valence-corrected chi connectivity index (χ3v) is 3.31. The number of nitrogens with zero attached hydrogens (tertiary/aromatic N) is 1. The van der Waals surface area contributed by atoms with Crippen LogP contribution >= 0.6 is 0 Å². The molecule has 0 radical (unpaired) electrons. The van der Waals surface area contributed by atoms with E-state index < -0.39 is 12.1 Å². The van der Waals surface area contributed by atoms with Gasteiger partial charge in [-0.3, -0.25) is 5.21 Å². The van der Waals surface area contributed by atoms with Gasteiger partial charge in [-0.2, -0.15) is 5.06 Å². The zero-order valence-corrected chi connectivity index (χ0v) is 11.6. The van der Waals surface area contributed by atoms with E-state index >= 15 is 0 Å². The first kappa shape index (κ1) is 15.3. The first-order valence-corrected chi connectivity index (χ1v) is 6.67. The van der Waals surface area contributed by atoms with Gasteiger partial charge < -0.3 is 10.5 Å². The number of hydroxylamine groups is 2. The lowest BCUT2D eigenvalue weighted by Crippen LogP contribution is -2.38. The van der Waals surface area contributed by atoms with Crippen molar-refractivity contribution in [2.24, 2.45) is 5.73 Å². The third kappa shape index (κ3) is 3.94. The Morgan fingerprint density at radius 2 is 2.14 bits per heavy atom. The molecule has 0 saturated carbocycles. The monoisotopic (exact) mass is 292 g/mol. The Labute approximate surface area is 122 Å². The summed E-state index contributed by atoms with van der Waals surface area (Å²) in [5.74, 6) is 5.32.